The van der Waals surface area contributed by atoms with Crippen LogP contribution < -0.4 is 0 Å². The predicted octanol–water partition coefficient (Wildman–Crippen LogP) is 3.31. The number of piperidine rings is 1. The fourth-order valence-corrected chi connectivity index (χ4v) is 3.47. The maximum Gasteiger partial charge on any atom is 0.411 e. The van der Waals surface area contributed by atoms with Crippen LogP contribution in [-0.4, -0.2) is 72.2 Å². The smallest absolute Gasteiger partial charge is 0.411 e. The van der Waals surface area contributed by atoms with Gasteiger partial charge in [-0.3, -0.25) is 9.69 Å². The second-order valence-electron chi connectivity index (χ2n) is 8.92. The summed E-state index contributed by atoms with van der Waals surface area (Å²) < 4.78 is 20.6. The van der Waals surface area contributed by atoms with E-state index in [1.807, 2.05) is 0 Å². The molecule has 2 rings (SSSR count). The van der Waals surface area contributed by atoms with E-state index in [0.29, 0.717) is 19.3 Å². The van der Waals surface area contributed by atoms with E-state index in [0.717, 1.165) is 0 Å². The summed E-state index contributed by atoms with van der Waals surface area (Å²) in [6.07, 6.45) is -0.899. The first kappa shape index (κ1) is 27.8. The van der Waals surface area contributed by atoms with Crippen LogP contribution in [0.15, 0.2) is 24.3 Å². The highest BCUT2D eigenvalue weighted by atomic mass is 16.6. The Hall–Kier alpha value is -3.43. The standard InChI is InChI=1S/C25H33NO9/c1-6-32-21(28)17-13-11-16(12-14-17)19(27)20(23(30)33-7-2)34-22(29)18-10-8-9-15-26(18)24(31)35-25(3,4)5/h11-14,18,20H,6-10,15H2,1-5H3/t18-,20?/m0/s1. The Morgan fingerprint density at radius 1 is 0.943 bits per heavy atom. The zero-order valence-corrected chi connectivity index (χ0v) is 20.8. The van der Waals surface area contributed by atoms with E-state index in [4.69, 9.17) is 18.9 Å². The van der Waals surface area contributed by atoms with Crippen molar-refractivity contribution in [3.05, 3.63) is 35.4 Å². The number of ketones is 1. The number of amides is 1. The molecular formula is C25H33NO9. The Morgan fingerprint density at radius 3 is 2.11 bits per heavy atom. The first-order valence-electron chi connectivity index (χ1n) is 11.7. The summed E-state index contributed by atoms with van der Waals surface area (Å²) in [6, 6.07) is 4.42. The summed E-state index contributed by atoms with van der Waals surface area (Å²) in [5.74, 6) is -3.30. The van der Waals surface area contributed by atoms with Gasteiger partial charge in [-0.25, -0.2) is 19.2 Å². The molecule has 10 nitrogen and oxygen atoms in total. The molecule has 1 unspecified atom stereocenters. The Bertz CT molecular complexity index is 933. The lowest BCUT2D eigenvalue weighted by Gasteiger charge is -2.35. The van der Waals surface area contributed by atoms with Gasteiger partial charge in [0.05, 0.1) is 18.8 Å². The topological polar surface area (TPSA) is 126 Å². The lowest BCUT2D eigenvalue weighted by Crippen LogP contribution is -2.52. The molecule has 1 aromatic carbocycles. The molecule has 1 saturated heterocycles. The van der Waals surface area contributed by atoms with Crippen molar-refractivity contribution in [3.8, 4) is 0 Å². The van der Waals surface area contributed by atoms with Crippen LogP contribution in [-0.2, 0) is 28.5 Å². The monoisotopic (exact) mass is 491 g/mol. The van der Waals surface area contributed by atoms with E-state index in [1.165, 1.54) is 29.2 Å². The average molecular weight is 492 g/mol. The number of carbonyl (C=O) groups excluding carboxylic acids is 5. The van der Waals surface area contributed by atoms with Crippen LogP contribution in [0.3, 0.4) is 0 Å². The van der Waals surface area contributed by atoms with Crippen molar-refractivity contribution in [1.82, 2.24) is 4.90 Å². The van der Waals surface area contributed by atoms with E-state index in [9.17, 15) is 24.0 Å². The lowest BCUT2D eigenvalue weighted by molar-refractivity contribution is -0.167. The molecule has 1 heterocycles. The number of ether oxygens (including phenoxy) is 4. The van der Waals surface area contributed by atoms with Gasteiger partial charge in [0, 0.05) is 12.1 Å². The number of esters is 3. The van der Waals surface area contributed by atoms with Gasteiger partial charge in [0.15, 0.2) is 0 Å². The minimum Gasteiger partial charge on any atom is -0.463 e. The van der Waals surface area contributed by atoms with Crippen molar-refractivity contribution in [2.75, 3.05) is 19.8 Å². The van der Waals surface area contributed by atoms with E-state index < -0.39 is 47.5 Å². The molecular weight excluding hydrogens is 458 g/mol. The third-order valence-electron chi connectivity index (χ3n) is 5.06. The maximum atomic E-state index is 13.1. The predicted molar refractivity (Wildman–Crippen MR) is 124 cm³/mol. The Kier molecular flexibility index (Phi) is 9.79. The normalized spacial score (nSPS) is 16.6. The number of likely N-dealkylation sites (tertiary alicyclic amines) is 1. The fourth-order valence-electron chi connectivity index (χ4n) is 3.47. The molecule has 0 aliphatic carbocycles. The number of hydrogen-bond donors (Lipinski definition) is 0. The second-order valence-corrected chi connectivity index (χ2v) is 8.92. The number of Topliss-reactive ketones (excluding diaryl/α,β-unsaturated/α-hetero) is 1. The van der Waals surface area contributed by atoms with Gasteiger partial charge in [-0.05, 0) is 66.0 Å². The minimum atomic E-state index is -1.86. The molecule has 35 heavy (non-hydrogen) atoms. The summed E-state index contributed by atoms with van der Waals surface area (Å²) in [6.45, 7) is 8.81. The highest BCUT2D eigenvalue weighted by molar-refractivity contribution is 6.12. The summed E-state index contributed by atoms with van der Waals surface area (Å²) in [5, 5.41) is 0. The Morgan fingerprint density at radius 2 is 1.54 bits per heavy atom. The molecule has 1 amide bonds. The molecule has 0 radical (unpaired) electrons. The fraction of sp³-hybridized carbons (Fsp3) is 0.560. The van der Waals surface area contributed by atoms with Gasteiger partial charge in [-0.15, -0.1) is 0 Å². The lowest BCUT2D eigenvalue weighted by atomic mass is 10.0. The molecule has 192 valence electrons. The van der Waals surface area contributed by atoms with Crippen molar-refractivity contribution in [2.45, 2.75) is 71.6 Å². The number of benzene rings is 1. The van der Waals surface area contributed by atoms with E-state index in [-0.39, 0.29) is 30.9 Å². The molecule has 1 aliphatic heterocycles. The van der Waals surface area contributed by atoms with Crippen molar-refractivity contribution >= 4 is 29.8 Å². The van der Waals surface area contributed by atoms with Crippen LogP contribution in [0.25, 0.3) is 0 Å². The first-order chi connectivity index (χ1) is 16.5. The third-order valence-corrected chi connectivity index (χ3v) is 5.06. The van der Waals surface area contributed by atoms with Crippen LogP contribution >= 0.6 is 0 Å². The second kappa shape index (κ2) is 12.3. The van der Waals surface area contributed by atoms with Gasteiger partial charge in [0.25, 0.3) is 6.10 Å². The van der Waals surface area contributed by atoms with Crippen molar-refractivity contribution in [3.63, 3.8) is 0 Å². The van der Waals surface area contributed by atoms with Gasteiger partial charge < -0.3 is 18.9 Å². The van der Waals surface area contributed by atoms with Crippen LogP contribution in [0, 0.1) is 0 Å². The number of carbonyl (C=O) groups is 5. The number of hydrogen-bond acceptors (Lipinski definition) is 9. The van der Waals surface area contributed by atoms with Gasteiger partial charge in [0.1, 0.15) is 11.6 Å². The third kappa shape index (κ3) is 7.80. The molecule has 1 aromatic rings. The molecule has 0 N–H and O–H groups in total. The summed E-state index contributed by atoms with van der Waals surface area (Å²) in [4.78, 5) is 64.4. The Labute approximate surface area is 204 Å². The van der Waals surface area contributed by atoms with Gasteiger partial charge in [-0.1, -0.05) is 12.1 Å². The molecule has 0 bridgehead atoms. The van der Waals surface area contributed by atoms with Crippen LogP contribution in [0.5, 0.6) is 0 Å². The zero-order chi connectivity index (χ0) is 26.2. The van der Waals surface area contributed by atoms with Crippen LogP contribution in [0.2, 0.25) is 0 Å². The largest absolute Gasteiger partial charge is 0.463 e. The Balaban J connectivity index is 2.23. The molecule has 0 aromatic heterocycles. The molecule has 1 fully saturated rings. The molecule has 2 atom stereocenters. The summed E-state index contributed by atoms with van der Waals surface area (Å²) in [7, 11) is 0. The van der Waals surface area contributed by atoms with Gasteiger partial charge >= 0.3 is 24.0 Å². The minimum absolute atomic E-state index is 0.0323. The van der Waals surface area contributed by atoms with E-state index in [1.54, 1.807) is 34.6 Å². The van der Waals surface area contributed by atoms with Crippen LogP contribution in [0.4, 0.5) is 4.79 Å². The molecule has 0 saturated carbocycles. The maximum absolute atomic E-state index is 13.1. The molecule has 0 spiro atoms. The van der Waals surface area contributed by atoms with Crippen LogP contribution in [0.1, 0.15) is 74.6 Å². The van der Waals surface area contributed by atoms with Crippen molar-refractivity contribution in [1.29, 1.82) is 0 Å². The van der Waals surface area contributed by atoms with Crippen molar-refractivity contribution in [2.24, 2.45) is 0 Å². The summed E-state index contributed by atoms with van der Waals surface area (Å²) >= 11 is 0. The van der Waals surface area contributed by atoms with Crippen molar-refractivity contribution < 1.29 is 42.9 Å². The summed E-state index contributed by atoms with van der Waals surface area (Å²) in [5.41, 5.74) is -0.498. The number of nitrogens with zero attached hydrogens (tertiary/aromatic N) is 1. The van der Waals surface area contributed by atoms with Gasteiger partial charge in [0.2, 0.25) is 5.78 Å². The average Bonchev–Trinajstić information content (AvgIpc) is 2.81. The molecule has 10 heteroatoms. The SMILES string of the molecule is CCOC(=O)c1ccc(C(=O)C(OC(=O)[C@@H]2CCCCN2C(=O)OC(C)(C)C)C(=O)OCC)cc1. The van der Waals surface area contributed by atoms with Gasteiger partial charge in [-0.2, -0.15) is 0 Å². The van der Waals surface area contributed by atoms with E-state index in [2.05, 4.69) is 0 Å². The molecule has 1 aliphatic rings. The first-order valence-corrected chi connectivity index (χ1v) is 11.7. The number of rotatable bonds is 8. The van der Waals surface area contributed by atoms with E-state index >= 15 is 0 Å². The highest BCUT2D eigenvalue weighted by Crippen LogP contribution is 2.23. The highest BCUT2D eigenvalue weighted by Gasteiger charge is 2.40. The quantitative estimate of drug-likeness (QED) is 0.233. The zero-order valence-electron chi connectivity index (χ0n) is 20.8.